The molecule has 0 aliphatic carbocycles. The number of imidazole rings is 1. The van der Waals surface area contributed by atoms with Crippen LogP contribution in [0.2, 0.25) is 0 Å². The van der Waals surface area contributed by atoms with Crippen molar-refractivity contribution in [2.75, 3.05) is 0 Å². The predicted octanol–water partition coefficient (Wildman–Crippen LogP) is 1.89. The molecule has 96 valence electrons. The Kier molecular flexibility index (Phi) is 2.20. The molecular weight excluding hydrogens is 252 g/mol. The Labute approximate surface area is 113 Å². The topological polar surface area (TPSA) is 75.7 Å². The van der Waals surface area contributed by atoms with Crippen molar-refractivity contribution in [2.24, 2.45) is 0 Å². The van der Waals surface area contributed by atoms with Gasteiger partial charge in [0, 0.05) is 0 Å². The fourth-order valence-electron chi connectivity index (χ4n) is 2.40. The fraction of sp³-hybridized carbons (Fsp3) is 0. The van der Waals surface area contributed by atoms with Crippen LogP contribution in [0.15, 0.2) is 53.5 Å². The molecule has 0 aliphatic heterocycles. The van der Waals surface area contributed by atoms with E-state index in [1.807, 2.05) is 18.2 Å². The van der Waals surface area contributed by atoms with E-state index in [0.29, 0.717) is 11.0 Å². The molecule has 0 radical (unpaired) electrons. The Balaban J connectivity index is 1.96. The molecule has 0 amide bonds. The van der Waals surface area contributed by atoms with Crippen LogP contribution in [0.5, 0.6) is 0 Å². The van der Waals surface area contributed by atoms with Crippen molar-refractivity contribution < 1.29 is 4.98 Å². The number of hydrogen-bond acceptors (Lipinski definition) is 2. The Bertz CT molecular complexity index is 984. The van der Waals surface area contributed by atoms with Crippen molar-refractivity contribution in [3.05, 3.63) is 59.0 Å². The molecule has 0 fully saturated rings. The maximum atomic E-state index is 11.7. The second-order valence-electron chi connectivity index (χ2n) is 4.67. The summed E-state index contributed by atoms with van der Waals surface area (Å²) in [5.74, 6) is 0.796. The lowest BCUT2D eigenvalue weighted by atomic mass is 10.1. The van der Waals surface area contributed by atoms with E-state index in [1.165, 1.54) is 5.39 Å². The van der Waals surface area contributed by atoms with E-state index < -0.39 is 0 Å². The fourth-order valence-corrected chi connectivity index (χ4v) is 2.40. The normalized spacial score (nSPS) is 11.2. The first kappa shape index (κ1) is 10.9. The van der Waals surface area contributed by atoms with Crippen LogP contribution in [-0.2, 0) is 0 Å². The molecule has 4 rings (SSSR count). The third-order valence-electron chi connectivity index (χ3n) is 3.40. The van der Waals surface area contributed by atoms with E-state index in [0.717, 1.165) is 16.8 Å². The van der Waals surface area contributed by atoms with Crippen molar-refractivity contribution in [1.82, 2.24) is 15.2 Å². The molecule has 5 heteroatoms. The lowest BCUT2D eigenvalue weighted by molar-refractivity contribution is -0.331. The van der Waals surface area contributed by atoms with Gasteiger partial charge in [-0.1, -0.05) is 30.3 Å². The van der Waals surface area contributed by atoms with Crippen molar-refractivity contribution in [3.63, 3.8) is 0 Å². The van der Waals surface area contributed by atoms with Gasteiger partial charge in [0.05, 0.1) is 11.8 Å². The minimum Gasteiger partial charge on any atom is -0.263 e. The van der Waals surface area contributed by atoms with E-state index in [9.17, 15) is 4.79 Å². The van der Waals surface area contributed by atoms with E-state index in [4.69, 9.17) is 0 Å². The zero-order chi connectivity index (χ0) is 13.5. The number of fused-ring (bicyclic) bond motifs is 2. The van der Waals surface area contributed by atoms with Gasteiger partial charge in [0.2, 0.25) is 5.52 Å². The molecule has 4 aromatic rings. The van der Waals surface area contributed by atoms with Crippen molar-refractivity contribution >= 4 is 21.8 Å². The highest BCUT2D eigenvalue weighted by atomic mass is 16.1. The lowest BCUT2D eigenvalue weighted by Gasteiger charge is -1.98. The summed E-state index contributed by atoms with van der Waals surface area (Å²) in [5, 5.41) is 8.54. The van der Waals surface area contributed by atoms with Gasteiger partial charge in [0.1, 0.15) is 0 Å². The van der Waals surface area contributed by atoms with Gasteiger partial charge in [0.15, 0.2) is 5.52 Å². The summed E-state index contributed by atoms with van der Waals surface area (Å²) >= 11 is 0. The summed E-state index contributed by atoms with van der Waals surface area (Å²) in [7, 11) is 0. The lowest BCUT2D eigenvalue weighted by Crippen LogP contribution is -2.15. The number of hydrogen-bond donors (Lipinski definition) is 2. The van der Waals surface area contributed by atoms with Crippen LogP contribution in [0, 0.1) is 0 Å². The quantitative estimate of drug-likeness (QED) is 0.550. The molecule has 2 heterocycles. The first-order valence-electron chi connectivity index (χ1n) is 6.29. The molecule has 0 spiro atoms. The predicted molar refractivity (Wildman–Crippen MR) is 76.2 cm³/mol. The Morgan fingerprint density at radius 3 is 2.75 bits per heavy atom. The number of aromatic nitrogens is 4. The van der Waals surface area contributed by atoms with Crippen LogP contribution in [0.4, 0.5) is 0 Å². The van der Waals surface area contributed by atoms with Gasteiger partial charge in [-0.05, 0) is 22.9 Å². The Morgan fingerprint density at radius 2 is 1.90 bits per heavy atom. The molecule has 0 aliphatic rings. The molecule has 0 saturated heterocycles. The molecule has 5 nitrogen and oxygen atoms in total. The number of nitrogens with zero attached hydrogens (tertiary/aromatic N) is 1. The average Bonchev–Trinajstić information content (AvgIpc) is 2.92. The zero-order valence-electron chi connectivity index (χ0n) is 10.5. The Hall–Kier alpha value is -2.95. The zero-order valence-corrected chi connectivity index (χ0v) is 10.5. The maximum Gasteiger partial charge on any atom is 0.315 e. The molecule has 0 saturated carbocycles. The van der Waals surface area contributed by atoms with Crippen LogP contribution < -0.4 is 10.5 Å². The molecule has 0 unspecified atom stereocenters. The molecule has 20 heavy (non-hydrogen) atoms. The van der Waals surface area contributed by atoms with Gasteiger partial charge in [-0.3, -0.25) is 4.79 Å². The SMILES string of the molecule is O=c1[nH]ncc2[nH]c(-c3ccc4ccccc4c3)[nH+]c12. The first-order valence-corrected chi connectivity index (χ1v) is 6.29. The third-order valence-corrected chi connectivity index (χ3v) is 3.40. The van der Waals surface area contributed by atoms with Crippen LogP contribution in [-0.4, -0.2) is 15.2 Å². The van der Waals surface area contributed by atoms with E-state index in [-0.39, 0.29) is 5.56 Å². The average molecular weight is 263 g/mol. The van der Waals surface area contributed by atoms with Crippen LogP contribution >= 0.6 is 0 Å². The highest BCUT2D eigenvalue weighted by Gasteiger charge is 2.15. The first-order chi connectivity index (χ1) is 9.81. The molecular formula is C15H11N4O+. The van der Waals surface area contributed by atoms with Gasteiger partial charge in [-0.25, -0.2) is 15.1 Å². The highest BCUT2D eigenvalue weighted by molar-refractivity contribution is 5.86. The molecule has 0 atom stereocenters. The highest BCUT2D eigenvalue weighted by Crippen LogP contribution is 2.21. The van der Waals surface area contributed by atoms with Gasteiger partial charge >= 0.3 is 5.56 Å². The van der Waals surface area contributed by atoms with Gasteiger partial charge in [0.25, 0.3) is 5.82 Å². The van der Waals surface area contributed by atoms with Crippen molar-refractivity contribution in [1.29, 1.82) is 0 Å². The van der Waals surface area contributed by atoms with E-state index in [2.05, 4.69) is 44.4 Å². The summed E-state index contributed by atoms with van der Waals surface area (Å²) < 4.78 is 0. The van der Waals surface area contributed by atoms with Crippen LogP contribution in [0.25, 0.3) is 33.2 Å². The second kappa shape index (κ2) is 4.03. The van der Waals surface area contributed by atoms with Gasteiger partial charge in [-0.15, -0.1) is 0 Å². The summed E-state index contributed by atoms with van der Waals surface area (Å²) in [5.41, 5.74) is 1.96. The third kappa shape index (κ3) is 1.60. The van der Waals surface area contributed by atoms with E-state index >= 15 is 0 Å². The summed E-state index contributed by atoms with van der Waals surface area (Å²) in [6, 6.07) is 14.3. The number of nitrogens with one attached hydrogen (secondary N) is 3. The number of rotatable bonds is 1. The smallest absolute Gasteiger partial charge is 0.263 e. The summed E-state index contributed by atoms with van der Waals surface area (Å²) in [6.45, 7) is 0. The van der Waals surface area contributed by atoms with E-state index in [1.54, 1.807) is 6.20 Å². The van der Waals surface area contributed by atoms with Crippen LogP contribution in [0.1, 0.15) is 0 Å². The van der Waals surface area contributed by atoms with Crippen molar-refractivity contribution in [3.8, 4) is 11.4 Å². The molecule has 3 N–H and O–H groups in total. The molecule has 2 aromatic heterocycles. The minimum atomic E-state index is -0.231. The maximum absolute atomic E-state index is 11.7. The number of benzene rings is 2. The number of H-pyrrole nitrogens is 3. The van der Waals surface area contributed by atoms with Gasteiger partial charge in [-0.2, -0.15) is 5.10 Å². The van der Waals surface area contributed by atoms with Crippen LogP contribution in [0.3, 0.4) is 0 Å². The second-order valence-corrected chi connectivity index (χ2v) is 4.67. The Morgan fingerprint density at radius 1 is 1.05 bits per heavy atom. The number of aromatic amines is 3. The summed E-state index contributed by atoms with van der Waals surface area (Å²) in [4.78, 5) is 18.0. The van der Waals surface area contributed by atoms with Gasteiger partial charge < -0.3 is 0 Å². The standard InChI is InChI=1S/C15H10N4O/c20-15-13-12(8-16-19-15)17-14(18-13)11-6-5-9-3-1-2-4-10(9)7-11/h1-8H,(H,17,18)(H,19,20)/p+1. The monoisotopic (exact) mass is 263 g/mol. The largest absolute Gasteiger partial charge is 0.315 e. The van der Waals surface area contributed by atoms with Crippen molar-refractivity contribution in [2.45, 2.75) is 0 Å². The molecule has 0 bridgehead atoms. The molecule has 2 aromatic carbocycles. The summed E-state index contributed by atoms with van der Waals surface area (Å²) in [6.07, 6.45) is 1.60. The minimum absolute atomic E-state index is 0.231.